The summed E-state index contributed by atoms with van der Waals surface area (Å²) >= 11 is 0. The Morgan fingerprint density at radius 1 is 0.769 bits per heavy atom. The van der Waals surface area contributed by atoms with E-state index in [1.807, 2.05) is 0 Å². The molecule has 220 valence electrons. The van der Waals surface area contributed by atoms with E-state index in [0.29, 0.717) is 13.0 Å². The van der Waals surface area contributed by atoms with E-state index < -0.39 is 26.5 Å². The van der Waals surface area contributed by atoms with Crippen LogP contribution < -0.4 is 74.2 Å². The molecule has 39 heavy (non-hydrogen) atoms. The topological polar surface area (TPSA) is 146 Å². The predicted octanol–water partition coefficient (Wildman–Crippen LogP) is -1.86. The van der Waals surface area contributed by atoms with Gasteiger partial charge in [0.25, 0.3) is 0 Å². The second-order valence-corrected chi connectivity index (χ2v) is 10.6. The van der Waals surface area contributed by atoms with Gasteiger partial charge in [0, 0.05) is 26.5 Å². The van der Waals surface area contributed by atoms with Gasteiger partial charge >= 0.3 is 65.1 Å². The first-order valence-electron chi connectivity index (χ1n) is 14.0. The zero-order valence-electron chi connectivity index (χ0n) is 25.0. The third-order valence-corrected chi connectivity index (χ3v) is 6.23. The molecule has 0 unspecified atom stereocenters. The van der Waals surface area contributed by atoms with Crippen LogP contribution in [-0.2, 0) is 32.9 Å². The molecule has 0 aromatic heterocycles. The van der Waals surface area contributed by atoms with Gasteiger partial charge in [-0.15, -0.1) is 0 Å². The molecule has 1 atom stereocenters. The fraction of sp³-hybridized carbons (Fsp3) is 0.923. The van der Waals surface area contributed by atoms with E-state index in [-0.39, 0.29) is 84.8 Å². The van der Waals surface area contributed by atoms with Crippen LogP contribution in [0.3, 0.4) is 0 Å². The Labute approximate surface area is 280 Å². The van der Waals surface area contributed by atoms with Crippen LogP contribution in [0.5, 0.6) is 0 Å². The van der Waals surface area contributed by atoms with E-state index >= 15 is 0 Å². The normalized spacial score (nSPS) is 11.8. The van der Waals surface area contributed by atoms with Crippen molar-refractivity contribution in [1.82, 2.24) is 5.32 Å². The minimum atomic E-state index is -5.18. The van der Waals surface area contributed by atoms with E-state index in [1.54, 1.807) is 0 Å². The molecule has 10 nitrogen and oxygen atoms in total. The van der Waals surface area contributed by atoms with Gasteiger partial charge in [0.05, 0.1) is 21.0 Å². The zero-order chi connectivity index (χ0) is 27.6. The Bertz CT molecular complexity index is 612. The van der Waals surface area contributed by atoms with E-state index in [2.05, 4.69) is 16.8 Å². The third-order valence-electron chi connectivity index (χ3n) is 5.76. The van der Waals surface area contributed by atoms with Crippen LogP contribution in [-0.4, -0.2) is 51.1 Å². The van der Waals surface area contributed by atoms with Crippen LogP contribution in [0.25, 0.3) is 0 Å². The van der Waals surface area contributed by atoms with Crippen molar-refractivity contribution in [2.24, 2.45) is 0 Å². The van der Waals surface area contributed by atoms with Crippen molar-refractivity contribution >= 4 is 19.7 Å². The maximum atomic E-state index is 12.1. The number of esters is 1. The van der Waals surface area contributed by atoms with Gasteiger partial charge < -0.3 is 38.4 Å². The summed E-state index contributed by atoms with van der Waals surface area (Å²) < 4.78 is 31.1. The number of phosphoric acid groups is 1. The molecule has 0 radical (unpaired) electrons. The van der Waals surface area contributed by atoms with Gasteiger partial charge in [-0.1, -0.05) is 84.0 Å². The number of unbranched alkanes of at least 4 members (excludes halogenated alkanes) is 13. The molecule has 1 amide bonds. The van der Waals surface area contributed by atoms with Crippen LogP contribution in [0, 0.1) is 0 Å². The largest absolute Gasteiger partial charge is 1.00 e. The smallest absolute Gasteiger partial charge is 0.790 e. The van der Waals surface area contributed by atoms with Gasteiger partial charge in [-0.2, -0.15) is 0 Å². The number of rotatable bonds is 27. The summed E-state index contributed by atoms with van der Waals surface area (Å²) in [5.41, 5.74) is 0. The van der Waals surface area contributed by atoms with E-state index in [1.165, 1.54) is 32.6 Å². The Hall–Kier alpha value is 0.970. The van der Waals surface area contributed by atoms with Gasteiger partial charge in [-0.05, 0) is 19.3 Å². The maximum absolute atomic E-state index is 12.1. The number of hydrogen-bond donors (Lipinski definition) is 1. The molecule has 0 aliphatic heterocycles. The van der Waals surface area contributed by atoms with Gasteiger partial charge in [-0.3, -0.25) is 9.59 Å². The Balaban J connectivity index is -0.00000648. The molecule has 0 saturated heterocycles. The van der Waals surface area contributed by atoms with Crippen LogP contribution in [0.4, 0.5) is 0 Å². The standard InChI is InChI=1S/C26H52NO9P.2Na/c1-3-4-5-6-7-9-12-15-18-26(29)36-25(22-35-37(30,31)32)21-34-23-33-20-17-14-11-8-10-13-16-19-27-24(2)28;;/h25H,3-23H2,1-2H3,(H,27,28)(H2,30,31,32);;/q;2*+1/p-2/t25-;;/m0../s1. The fourth-order valence-corrected chi connectivity index (χ4v) is 4.06. The molecule has 0 aromatic carbocycles. The summed E-state index contributed by atoms with van der Waals surface area (Å²) in [4.78, 5) is 44.5. The fourth-order valence-electron chi connectivity index (χ4n) is 3.71. The summed E-state index contributed by atoms with van der Waals surface area (Å²) in [6, 6.07) is 0. The van der Waals surface area contributed by atoms with Gasteiger partial charge in [0.2, 0.25) is 5.91 Å². The molecule has 0 aliphatic rings. The summed E-state index contributed by atoms with van der Waals surface area (Å²) in [7, 11) is -5.18. The van der Waals surface area contributed by atoms with E-state index in [0.717, 1.165) is 70.8 Å². The van der Waals surface area contributed by atoms with Crippen LogP contribution in [0.1, 0.15) is 117 Å². The van der Waals surface area contributed by atoms with Crippen molar-refractivity contribution in [2.75, 3.05) is 33.2 Å². The molecular weight excluding hydrogens is 547 g/mol. The number of amides is 1. The second-order valence-electron chi connectivity index (χ2n) is 9.43. The molecule has 0 spiro atoms. The van der Waals surface area contributed by atoms with Gasteiger partial charge in [0.15, 0.2) is 0 Å². The van der Waals surface area contributed by atoms with E-state index in [9.17, 15) is 23.9 Å². The van der Waals surface area contributed by atoms with Gasteiger partial charge in [0.1, 0.15) is 12.9 Å². The van der Waals surface area contributed by atoms with Crippen LogP contribution in [0.2, 0.25) is 0 Å². The minimum absolute atomic E-state index is 0. The number of ether oxygens (including phenoxy) is 3. The summed E-state index contributed by atoms with van der Waals surface area (Å²) in [6.07, 6.45) is 15.5. The van der Waals surface area contributed by atoms with Gasteiger partial charge in [-0.25, -0.2) is 0 Å². The first kappa shape index (κ1) is 44.4. The number of phosphoric ester groups is 1. The third kappa shape index (κ3) is 36.9. The average molecular weight is 598 g/mol. The first-order valence-corrected chi connectivity index (χ1v) is 15.5. The zero-order valence-corrected chi connectivity index (χ0v) is 29.9. The van der Waals surface area contributed by atoms with Crippen molar-refractivity contribution < 1.29 is 102 Å². The number of carbonyl (C=O) groups excluding carboxylic acids is 2. The number of hydrogen-bond acceptors (Lipinski definition) is 9. The molecule has 0 aromatic rings. The monoisotopic (exact) mass is 597 g/mol. The molecule has 13 heteroatoms. The molecule has 0 fully saturated rings. The molecule has 0 rings (SSSR count). The Morgan fingerprint density at radius 2 is 1.31 bits per heavy atom. The van der Waals surface area contributed by atoms with E-state index in [4.69, 9.17) is 14.2 Å². The predicted molar refractivity (Wildman–Crippen MR) is 138 cm³/mol. The van der Waals surface area contributed by atoms with Crippen molar-refractivity contribution in [3.05, 3.63) is 0 Å². The Morgan fingerprint density at radius 3 is 1.87 bits per heavy atom. The summed E-state index contributed by atoms with van der Waals surface area (Å²) in [5, 5.41) is 2.79. The van der Waals surface area contributed by atoms with Crippen molar-refractivity contribution in [3.63, 3.8) is 0 Å². The summed E-state index contributed by atoms with van der Waals surface area (Å²) in [6.45, 7) is 4.25. The average Bonchev–Trinajstić information content (AvgIpc) is 2.83. The summed E-state index contributed by atoms with van der Waals surface area (Å²) in [5.74, 6) is -0.454. The molecule has 0 heterocycles. The Kier molecular flexibility index (Phi) is 36.3. The molecule has 0 aliphatic carbocycles. The quantitative estimate of drug-likeness (QED) is 0.0379. The van der Waals surface area contributed by atoms with Crippen molar-refractivity contribution in [2.45, 2.75) is 123 Å². The van der Waals surface area contributed by atoms with Crippen LogP contribution >= 0.6 is 7.82 Å². The SMILES string of the molecule is CCCCCCCCCCC(=O)O[C@@H](COCOCCCCCCCCCNC(C)=O)COP(=O)([O-])[O-].[Na+].[Na+]. The molecule has 0 bridgehead atoms. The van der Waals surface area contributed by atoms with Crippen molar-refractivity contribution in [1.29, 1.82) is 0 Å². The van der Waals surface area contributed by atoms with Crippen molar-refractivity contribution in [3.8, 4) is 0 Å². The minimum Gasteiger partial charge on any atom is -0.790 e. The number of carbonyl (C=O) groups is 2. The molecule has 0 saturated carbocycles. The second kappa shape index (κ2) is 31.9. The maximum Gasteiger partial charge on any atom is 1.00 e. The molecule has 1 N–H and O–H groups in total. The first-order chi connectivity index (χ1) is 17.7. The molecular formula is C26H50NNa2O9P. The van der Waals surface area contributed by atoms with Crippen LogP contribution in [0.15, 0.2) is 0 Å². The number of nitrogens with one attached hydrogen (secondary N) is 1.